The van der Waals surface area contributed by atoms with Crippen LogP contribution in [-0.2, 0) is 12.8 Å². The van der Waals surface area contributed by atoms with E-state index >= 15 is 0 Å². The van der Waals surface area contributed by atoms with Gasteiger partial charge in [-0.3, -0.25) is 0 Å². The number of furan rings is 1. The van der Waals surface area contributed by atoms with Gasteiger partial charge < -0.3 is 9.15 Å². The molecule has 0 amide bonds. The van der Waals surface area contributed by atoms with E-state index in [0.717, 1.165) is 23.1 Å². The molecule has 1 aromatic heterocycles. The molecule has 21 heavy (non-hydrogen) atoms. The summed E-state index contributed by atoms with van der Waals surface area (Å²) in [5.41, 5.74) is -0.00949. The number of hydrogen-bond acceptors (Lipinski definition) is 2. The highest BCUT2D eigenvalue weighted by molar-refractivity contribution is 5.77. The molecule has 0 aliphatic heterocycles. The highest BCUT2D eigenvalue weighted by Crippen LogP contribution is 2.31. The summed E-state index contributed by atoms with van der Waals surface area (Å²) in [6.07, 6.45) is -4.38. The van der Waals surface area contributed by atoms with Crippen LogP contribution in [0.3, 0.4) is 0 Å². The fourth-order valence-electron chi connectivity index (χ4n) is 2.02. The normalized spacial score (nSPS) is 11.8. The van der Waals surface area contributed by atoms with Crippen LogP contribution in [0.1, 0.15) is 11.3 Å². The van der Waals surface area contributed by atoms with Crippen LogP contribution < -0.4 is 4.74 Å². The van der Waals surface area contributed by atoms with Gasteiger partial charge in [0.1, 0.15) is 23.7 Å². The van der Waals surface area contributed by atoms with E-state index in [1.54, 1.807) is 0 Å². The van der Waals surface area contributed by atoms with Crippen LogP contribution >= 0.6 is 0 Å². The SMILES string of the molecule is FC(F)(F)c1cccc(OCc2cc3ccccc3o2)c1. The third kappa shape index (κ3) is 3.02. The monoisotopic (exact) mass is 292 g/mol. The second-order valence-electron chi connectivity index (χ2n) is 4.56. The van der Waals surface area contributed by atoms with E-state index in [-0.39, 0.29) is 12.4 Å². The predicted molar refractivity (Wildman–Crippen MR) is 72.0 cm³/mol. The molecule has 3 aromatic rings. The highest BCUT2D eigenvalue weighted by atomic mass is 19.4. The van der Waals surface area contributed by atoms with Crippen molar-refractivity contribution in [2.75, 3.05) is 0 Å². The van der Waals surface area contributed by atoms with E-state index in [9.17, 15) is 13.2 Å². The Bertz CT molecular complexity index is 726. The van der Waals surface area contributed by atoms with Crippen molar-refractivity contribution in [3.05, 3.63) is 65.9 Å². The van der Waals surface area contributed by atoms with Gasteiger partial charge in [0, 0.05) is 5.39 Å². The molecule has 0 unspecified atom stereocenters. The third-order valence-electron chi connectivity index (χ3n) is 3.02. The number of benzene rings is 2. The van der Waals surface area contributed by atoms with Crippen molar-refractivity contribution in [2.45, 2.75) is 12.8 Å². The van der Waals surface area contributed by atoms with E-state index in [2.05, 4.69) is 0 Å². The van der Waals surface area contributed by atoms with Crippen LogP contribution in [0.15, 0.2) is 59.0 Å². The fourth-order valence-corrected chi connectivity index (χ4v) is 2.02. The van der Waals surface area contributed by atoms with Crippen molar-refractivity contribution >= 4 is 11.0 Å². The van der Waals surface area contributed by atoms with Crippen molar-refractivity contribution in [3.63, 3.8) is 0 Å². The third-order valence-corrected chi connectivity index (χ3v) is 3.02. The largest absolute Gasteiger partial charge is 0.486 e. The molecule has 2 nitrogen and oxygen atoms in total. The zero-order valence-corrected chi connectivity index (χ0v) is 10.9. The van der Waals surface area contributed by atoms with E-state index in [0.29, 0.717) is 5.76 Å². The molecule has 0 spiro atoms. The van der Waals surface area contributed by atoms with E-state index < -0.39 is 11.7 Å². The van der Waals surface area contributed by atoms with Crippen molar-refractivity contribution in [3.8, 4) is 5.75 Å². The molecule has 0 radical (unpaired) electrons. The maximum absolute atomic E-state index is 12.6. The van der Waals surface area contributed by atoms with Crippen LogP contribution in [0.2, 0.25) is 0 Å². The van der Waals surface area contributed by atoms with Crippen LogP contribution in [0, 0.1) is 0 Å². The average Bonchev–Trinajstić information content (AvgIpc) is 2.87. The molecule has 0 aliphatic carbocycles. The summed E-state index contributed by atoms with van der Waals surface area (Å²) in [6.45, 7) is 0.0794. The zero-order chi connectivity index (χ0) is 14.9. The maximum Gasteiger partial charge on any atom is 0.416 e. The lowest BCUT2D eigenvalue weighted by Crippen LogP contribution is -2.05. The standard InChI is InChI=1S/C16H11F3O2/c17-16(18,19)12-5-3-6-13(9-12)20-10-14-8-11-4-1-2-7-15(11)21-14/h1-9H,10H2. The lowest BCUT2D eigenvalue weighted by molar-refractivity contribution is -0.137. The molecule has 2 aromatic carbocycles. The Balaban J connectivity index is 1.75. The smallest absolute Gasteiger partial charge is 0.416 e. The van der Waals surface area contributed by atoms with E-state index in [1.165, 1.54) is 12.1 Å². The van der Waals surface area contributed by atoms with Crippen LogP contribution in [0.5, 0.6) is 5.75 Å². The maximum atomic E-state index is 12.6. The van der Waals surface area contributed by atoms with Crippen molar-refractivity contribution in [2.24, 2.45) is 0 Å². The Morgan fingerprint density at radius 1 is 0.952 bits per heavy atom. The number of fused-ring (bicyclic) bond motifs is 1. The van der Waals surface area contributed by atoms with Crippen molar-refractivity contribution in [1.82, 2.24) is 0 Å². The molecule has 0 fully saturated rings. The molecule has 0 saturated heterocycles. The minimum atomic E-state index is -4.38. The van der Waals surface area contributed by atoms with Crippen molar-refractivity contribution < 1.29 is 22.3 Å². The molecule has 0 atom stereocenters. The topological polar surface area (TPSA) is 22.4 Å². The summed E-state index contributed by atoms with van der Waals surface area (Å²) in [6, 6.07) is 14.0. The van der Waals surface area contributed by atoms with Crippen LogP contribution in [0.25, 0.3) is 11.0 Å². The second-order valence-corrected chi connectivity index (χ2v) is 4.56. The molecular weight excluding hydrogens is 281 g/mol. The number of para-hydroxylation sites is 1. The molecule has 1 heterocycles. The summed E-state index contributed by atoms with van der Waals surface area (Å²) in [5, 5.41) is 0.931. The highest BCUT2D eigenvalue weighted by Gasteiger charge is 2.30. The van der Waals surface area contributed by atoms with Gasteiger partial charge in [0.15, 0.2) is 0 Å². The fraction of sp³-hybridized carbons (Fsp3) is 0.125. The second kappa shape index (κ2) is 5.16. The van der Waals surface area contributed by atoms with Gasteiger partial charge in [-0.1, -0.05) is 24.3 Å². The van der Waals surface area contributed by atoms with Gasteiger partial charge in [-0.15, -0.1) is 0 Å². The van der Waals surface area contributed by atoms with Gasteiger partial charge in [-0.2, -0.15) is 13.2 Å². The summed E-state index contributed by atoms with van der Waals surface area (Å²) in [5.74, 6) is 0.721. The molecule has 108 valence electrons. The first kappa shape index (κ1) is 13.5. The van der Waals surface area contributed by atoms with Gasteiger partial charge >= 0.3 is 6.18 Å². The van der Waals surface area contributed by atoms with Gasteiger partial charge in [0.05, 0.1) is 5.56 Å². The Hall–Kier alpha value is -2.43. The summed E-state index contributed by atoms with van der Waals surface area (Å²) < 4.78 is 48.7. The molecule has 3 rings (SSSR count). The van der Waals surface area contributed by atoms with Crippen LogP contribution in [-0.4, -0.2) is 0 Å². The lowest BCUT2D eigenvalue weighted by atomic mass is 10.2. The average molecular weight is 292 g/mol. The number of rotatable bonds is 3. The minimum absolute atomic E-state index is 0.0794. The summed E-state index contributed by atoms with van der Waals surface area (Å²) in [7, 11) is 0. The Labute approximate surface area is 118 Å². The van der Waals surface area contributed by atoms with Crippen molar-refractivity contribution in [1.29, 1.82) is 0 Å². The Morgan fingerprint density at radius 2 is 1.76 bits per heavy atom. The summed E-state index contributed by atoms with van der Waals surface area (Å²) >= 11 is 0. The van der Waals surface area contributed by atoms with E-state index in [1.807, 2.05) is 30.3 Å². The number of hydrogen-bond donors (Lipinski definition) is 0. The predicted octanol–water partition coefficient (Wildman–Crippen LogP) is 5.03. The molecule has 0 N–H and O–H groups in total. The Kier molecular flexibility index (Phi) is 3.33. The van der Waals surface area contributed by atoms with Gasteiger partial charge in [-0.25, -0.2) is 0 Å². The molecular formula is C16H11F3O2. The van der Waals surface area contributed by atoms with Crippen LogP contribution in [0.4, 0.5) is 13.2 Å². The summed E-state index contributed by atoms with van der Waals surface area (Å²) in [4.78, 5) is 0. The molecule has 0 aliphatic rings. The van der Waals surface area contributed by atoms with Gasteiger partial charge in [-0.05, 0) is 30.3 Å². The molecule has 0 saturated carbocycles. The quantitative estimate of drug-likeness (QED) is 0.675. The number of ether oxygens (including phenoxy) is 1. The lowest BCUT2D eigenvalue weighted by Gasteiger charge is -2.09. The van der Waals surface area contributed by atoms with E-state index in [4.69, 9.17) is 9.15 Å². The van der Waals surface area contributed by atoms with Gasteiger partial charge in [0.2, 0.25) is 0 Å². The first-order valence-electron chi connectivity index (χ1n) is 6.30. The zero-order valence-electron chi connectivity index (χ0n) is 10.9. The molecule has 0 bridgehead atoms. The first-order chi connectivity index (χ1) is 10.0. The Morgan fingerprint density at radius 3 is 2.52 bits per heavy atom. The number of halogens is 3. The van der Waals surface area contributed by atoms with Gasteiger partial charge in [0.25, 0.3) is 0 Å². The minimum Gasteiger partial charge on any atom is -0.486 e. The molecule has 5 heteroatoms. The number of alkyl halides is 3. The first-order valence-corrected chi connectivity index (χ1v) is 6.30.